The van der Waals surface area contributed by atoms with Crippen molar-refractivity contribution in [3.63, 3.8) is 0 Å². The highest BCUT2D eigenvalue weighted by atomic mass is 19.4. The number of benzene rings is 1. The summed E-state index contributed by atoms with van der Waals surface area (Å²) in [7, 11) is 2.89. The van der Waals surface area contributed by atoms with E-state index in [-0.39, 0.29) is 13.0 Å². The van der Waals surface area contributed by atoms with E-state index in [1.165, 1.54) is 19.0 Å². The van der Waals surface area contributed by atoms with E-state index < -0.39 is 12.2 Å². The second-order valence-electron chi connectivity index (χ2n) is 5.11. The van der Waals surface area contributed by atoms with Crippen LogP contribution in [0.5, 0.6) is 0 Å². The van der Waals surface area contributed by atoms with E-state index in [0.717, 1.165) is 16.6 Å². The predicted molar refractivity (Wildman–Crippen MR) is 78.4 cm³/mol. The Morgan fingerprint density at radius 2 is 1.90 bits per heavy atom. The van der Waals surface area contributed by atoms with Crippen molar-refractivity contribution in [2.45, 2.75) is 18.6 Å². The Hall–Kier alpha value is -1.82. The Bertz CT molecular complexity index is 591. The lowest BCUT2D eigenvalue weighted by molar-refractivity contribution is -0.177. The predicted octanol–water partition coefficient (Wildman–Crippen LogP) is 3.53. The Kier molecular flexibility index (Phi) is 4.67. The molecule has 3 nitrogen and oxygen atoms in total. The molecule has 6 heteroatoms. The maximum absolute atomic E-state index is 12.9. The fourth-order valence-electron chi connectivity index (χ4n) is 2.31. The molecule has 21 heavy (non-hydrogen) atoms. The number of aromatic nitrogens is 1. The van der Waals surface area contributed by atoms with Gasteiger partial charge in [0.2, 0.25) is 0 Å². The monoisotopic (exact) mass is 297 g/mol. The molecule has 1 heterocycles. The first kappa shape index (κ1) is 15.6. The van der Waals surface area contributed by atoms with Gasteiger partial charge in [-0.15, -0.1) is 0 Å². The number of nitrogens with zero attached hydrogens (tertiary/aromatic N) is 2. The van der Waals surface area contributed by atoms with Crippen LogP contribution in [0.15, 0.2) is 36.5 Å². The Morgan fingerprint density at radius 1 is 1.19 bits per heavy atom. The normalized spacial score (nSPS) is 13.6. The summed E-state index contributed by atoms with van der Waals surface area (Å²) in [6, 6.07) is 7.87. The number of para-hydroxylation sites is 1. The molecule has 2 aromatic rings. The zero-order valence-corrected chi connectivity index (χ0v) is 12.0. The van der Waals surface area contributed by atoms with Gasteiger partial charge >= 0.3 is 6.18 Å². The first-order chi connectivity index (χ1) is 9.89. The van der Waals surface area contributed by atoms with Crippen LogP contribution in [0.1, 0.15) is 6.42 Å². The third-order valence-electron chi connectivity index (χ3n) is 3.38. The van der Waals surface area contributed by atoms with Crippen LogP contribution in [0.3, 0.4) is 0 Å². The lowest BCUT2D eigenvalue weighted by Crippen LogP contribution is -2.42. The van der Waals surface area contributed by atoms with Gasteiger partial charge < -0.3 is 5.32 Å². The minimum atomic E-state index is -4.22. The molecule has 2 rings (SSSR count). The zero-order chi connectivity index (χ0) is 15.5. The van der Waals surface area contributed by atoms with E-state index >= 15 is 0 Å². The average Bonchev–Trinajstić information content (AvgIpc) is 2.42. The summed E-state index contributed by atoms with van der Waals surface area (Å²) < 4.78 is 38.6. The molecule has 1 aromatic heterocycles. The summed E-state index contributed by atoms with van der Waals surface area (Å²) in [5.74, 6) is 0. The molecule has 0 fully saturated rings. The van der Waals surface area contributed by atoms with Crippen molar-refractivity contribution in [3.8, 4) is 0 Å². The number of anilines is 1. The molecule has 0 saturated heterocycles. The summed E-state index contributed by atoms with van der Waals surface area (Å²) in [5, 5.41) is 3.99. The Balaban J connectivity index is 2.05. The van der Waals surface area contributed by atoms with Crippen molar-refractivity contribution in [2.24, 2.45) is 0 Å². The highest BCUT2D eigenvalue weighted by Crippen LogP contribution is 2.26. The van der Waals surface area contributed by atoms with Crippen LogP contribution in [0, 0.1) is 0 Å². The number of alkyl halides is 3. The third-order valence-corrected chi connectivity index (χ3v) is 3.38. The SMILES string of the molecule is CN(C)C(CCNc1ccnc2ccccc12)C(F)(F)F. The van der Waals surface area contributed by atoms with Crippen LogP contribution < -0.4 is 5.32 Å². The van der Waals surface area contributed by atoms with E-state index in [2.05, 4.69) is 10.3 Å². The number of halogens is 3. The summed E-state index contributed by atoms with van der Waals surface area (Å²) in [4.78, 5) is 5.43. The Morgan fingerprint density at radius 3 is 2.57 bits per heavy atom. The average molecular weight is 297 g/mol. The molecule has 0 amide bonds. The van der Waals surface area contributed by atoms with Crippen LogP contribution in [-0.2, 0) is 0 Å². The quantitative estimate of drug-likeness (QED) is 0.915. The summed E-state index contributed by atoms with van der Waals surface area (Å²) in [5.41, 5.74) is 1.63. The summed E-state index contributed by atoms with van der Waals surface area (Å²) >= 11 is 0. The van der Waals surface area contributed by atoms with Crippen molar-refractivity contribution in [3.05, 3.63) is 36.5 Å². The van der Waals surface area contributed by atoms with Gasteiger partial charge in [-0.05, 0) is 32.6 Å². The molecule has 1 aromatic carbocycles. The number of nitrogens with one attached hydrogen (secondary N) is 1. The van der Waals surface area contributed by atoms with Crippen LogP contribution >= 0.6 is 0 Å². The topological polar surface area (TPSA) is 28.2 Å². The zero-order valence-electron chi connectivity index (χ0n) is 12.0. The van der Waals surface area contributed by atoms with Gasteiger partial charge in [-0.1, -0.05) is 18.2 Å². The molecule has 0 spiro atoms. The first-order valence-corrected chi connectivity index (χ1v) is 6.70. The minimum absolute atomic E-state index is 0.00680. The molecule has 0 bridgehead atoms. The van der Waals surface area contributed by atoms with Crippen molar-refractivity contribution >= 4 is 16.6 Å². The van der Waals surface area contributed by atoms with Crippen molar-refractivity contribution in [2.75, 3.05) is 26.0 Å². The summed E-state index contributed by atoms with van der Waals surface area (Å²) in [6.07, 6.45) is -2.57. The van der Waals surface area contributed by atoms with Crippen LogP contribution in [0.4, 0.5) is 18.9 Å². The number of hydrogen-bond donors (Lipinski definition) is 1. The molecule has 0 aliphatic carbocycles. The molecule has 1 atom stereocenters. The van der Waals surface area contributed by atoms with Crippen LogP contribution in [0.25, 0.3) is 10.9 Å². The fourth-order valence-corrected chi connectivity index (χ4v) is 2.31. The minimum Gasteiger partial charge on any atom is -0.384 e. The molecular formula is C15H18F3N3. The maximum Gasteiger partial charge on any atom is 0.404 e. The van der Waals surface area contributed by atoms with Crippen LogP contribution in [0.2, 0.25) is 0 Å². The second-order valence-corrected chi connectivity index (χ2v) is 5.11. The van der Waals surface area contributed by atoms with E-state index in [4.69, 9.17) is 0 Å². The third kappa shape index (κ3) is 3.85. The van der Waals surface area contributed by atoms with Gasteiger partial charge in [-0.3, -0.25) is 9.88 Å². The molecule has 114 valence electrons. The lowest BCUT2D eigenvalue weighted by atomic mass is 10.1. The number of fused-ring (bicyclic) bond motifs is 1. The largest absolute Gasteiger partial charge is 0.404 e. The van der Waals surface area contributed by atoms with Crippen molar-refractivity contribution in [1.29, 1.82) is 0 Å². The van der Waals surface area contributed by atoms with Gasteiger partial charge in [-0.25, -0.2) is 0 Å². The van der Waals surface area contributed by atoms with E-state index in [9.17, 15) is 13.2 Å². The van der Waals surface area contributed by atoms with Gasteiger partial charge in [0.15, 0.2) is 0 Å². The van der Waals surface area contributed by atoms with E-state index in [1.807, 2.05) is 24.3 Å². The Labute approximate surface area is 121 Å². The van der Waals surface area contributed by atoms with Crippen molar-refractivity contribution < 1.29 is 13.2 Å². The fraction of sp³-hybridized carbons (Fsp3) is 0.400. The van der Waals surface area contributed by atoms with Gasteiger partial charge in [0, 0.05) is 23.8 Å². The molecule has 0 radical (unpaired) electrons. The van der Waals surface area contributed by atoms with E-state index in [0.29, 0.717) is 0 Å². The molecule has 0 aliphatic rings. The van der Waals surface area contributed by atoms with Gasteiger partial charge in [0.25, 0.3) is 0 Å². The molecule has 1 unspecified atom stereocenters. The summed E-state index contributed by atoms with van der Waals surface area (Å²) in [6.45, 7) is 0.246. The maximum atomic E-state index is 12.9. The highest BCUT2D eigenvalue weighted by molar-refractivity contribution is 5.90. The second kappa shape index (κ2) is 6.30. The molecule has 0 aliphatic heterocycles. The number of pyridine rings is 1. The number of hydrogen-bond acceptors (Lipinski definition) is 3. The first-order valence-electron chi connectivity index (χ1n) is 6.70. The standard InChI is InChI=1S/C15H18F3N3/c1-21(2)14(15(16,17)18)8-10-20-13-7-9-19-12-6-4-3-5-11(12)13/h3-7,9,14H,8,10H2,1-2H3,(H,19,20). The lowest BCUT2D eigenvalue weighted by Gasteiger charge is -2.26. The van der Waals surface area contributed by atoms with E-state index in [1.54, 1.807) is 12.3 Å². The van der Waals surface area contributed by atoms with Gasteiger partial charge in [-0.2, -0.15) is 13.2 Å². The van der Waals surface area contributed by atoms with Gasteiger partial charge in [0.1, 0.15) is 6.04 Å². The molecular weight excluding hydrogens is 279 g/mol. The molecule has 0 saturated carbocycles. The van der Waals surface area contributed by atoms with Crippen LogP contribution in [-0.4, -0.2) is 42.7 Å². The number of rotatable bonds is 5. The smallest absolute Gasteiger partial charge is 0.384 e. The van der Waals surface area contributed by atoms with Crippen molar-refractivity contribution in [1.82, 2.24) is 9.88 Å². The van der Waals surface area contributed by atoms with Gasteiger partial charge in [0.05, 0.1) is 5.52 Å². The molecule has 1 N–H and O–H groups in total. The highest BCUT2D eigenvalue weighted by Gasteiger charge is 2.40.